The lowest BCUT2D eigenvalue weighted by molar-refractivity contribution is -0.133. The Morgan fingerprint density at radius 2 is 1.50 bits per heavy atom. The zero-order chi connectivity index (χ0) is 15.5. The van der Waals surface area contributed by atoms with Crippen molar-refractivity contribution in [2.45, 2.75) is 26.2 Å². The molecule has 0 aliphatic carbocycles. The summed E-state index contributed by atoms with van der Waals surface area (Å²) in [5, 5.41) is 16.6. The first-order valence-corrected chi connectivity index (χ1v) is 6.24. The SMILES string of the molecule is C=C(CC)C(=O)O.C=C(CCc1ccccc1)C(=O)O. The monoisotopic (exact) mass is 276 g/mol. The van der Waals surface area contributed by atoms with Gasteiger partial charge in [0.2, 0.25) is 0 Å². The molecule has 1 rings (SSSR count). The second kappa shape index (κ2) is 9.55. The van der Waals surface area contributed by atoms with E-state index in [2.05, 4.69) is 13.2 Å². The minimum Gasteiger partial charge on any atom is -0.478 e. The largest absolute Gasteiger partial charge is 0.478 e. The number of hydrogen-bond acceptors (Lipinski definition) is 2. The van der Waals surface area contributed by atoms with Gasteiger partial charge < -0.3 is 10.2 Å². The summed E-state index contributed by atoms with van der Waals surface area (Å²) in [5.41, 5.74) is 1.67. The molecule has 0 aromatic heterocycles. The molecular weight excluding hydrogens is 256 g/mol. The molecule has 0 spiro atoms. The van der Waals surface area contributed by atoms with Crippen molar-refractivity contribution in [3.05, 3.63) is 60.2 Å². The van der Waals surface area contributed by atoms with Crippen LogP contribution < -0.4 is 0 Å². The van der Waals surface area contributed by atoms with Crippen molar-refractivity contribution >= 4 is 11.9 Å². The Morgan fingerprint density at radius 1 is 1.00 bits per heavy atom. The van der Waals surface area contributed by atoms with Crippen molar-refractivity contribution in [3.8, 4) is 0 Å². The molecule has 0 aliphatic heterocycles. The fourth-order valence-corrected chi connectivity index (χ4v) is 1.20. The molecule has 0 amide bonds. The van der Waals surface area contributed by atoms with Gasteiger partial charge in [0.25, 0.3) is 0 Å². The normalized spacial score (nSPS) is 9.05. The van der Waals surface area contributed by atoms with Crippen LogP contribution in [-0.4, -0.2) is 22.2 Å². The number of benzene rings is 1. The fourth-order valence-electron chi connectivity index (χ4n) is 1.20. The average molecular weight is 276 g/mol. The van der Waals surface area contributed by atoms with Gasteiger partial charge in [-0.05, 0) is 24.8 Å². The minimum absolute atomic E-state index is 0.264. The molecule has 4 heteroatoms. The number of carboxylic acid groups (broad SMARTS) is 2. The molecule has 1 aromatic carbocycles. The minimum atomic E-state index is -0.907. The van der Waals surface area contributed by atoms with Crippen molar-refractivity contribution in [2.24, 2.45) is 0 Å². The van der Waals surface area contributed by atoms with Gasteiger partial charge in [-0.25, -0.2) is 9.59 Å². The van der Waals surface area contributed by atoms with Crippen LogP contribution in [0, 0.1) is 0 Å². The predicted octanol–water partition coefficient (Wildman–Crippen LogP) is 3.30. The molecule has 108 valence electrons. The quantitative estimate of drug-likeness (QED) is 0.782. The van der Waals surface area contributed by atoms with Gasteiger partial charge in [0, 0.05) is 11.1 Å². The van der Waals surface area contributed by atoms with Crippen LogP contribution in [0.15, 0.2) is 54.6 Å². The Labute approximate surface area is 119 Å². The Morgan fingerprint density at radius 3 is 1.85 bits per heavy atom. The third-order valence-electron chi connectivity index (χ3n) is 2.59. The lowest BCUT2D eigenvalue weighted by Crippen LogP contribution is -2.00. The molecule has 0 heterocycles. The highest BCUT2D eigenvalue weighted by Crippen LogP contribution is 2.07. The van der Waals surface area contributed by atoms with Gasteiger partial charge in [0.1, 0.15) is 0 Å². The van der Waals surface area contributed by atoms with E-state index in [1.54, 1.807) is 6.92 Å². The second-order valence-electron chi connectivity index (χ2n) is 4.16. The van der Waals surface area contributed by atoms with E-state index in [0.717, 1.165) is 12.0 Å². The van der Waals surface area contributed by atoms with Crippen molar-refractivity contribution in [1.82, 2.24) is 0 Å². The molecule has 0 bridgehead atoms. The summed E-state index contributed by atoms with van der Waals surface area (Å²) in [6.07, 6.45) is 1.78. The molecule has 0 fully saturated rings. The third-order valence-corrected chi connectivity index (χ3v) is 2.59. The summed E-state index contributed by atoms with van der Waals surface area (Å²) in [6, 6.07) is 9.79. The summed E-state index contributed by atoms with van der Waals surface area (Å²) in [5.74, 6) is -1.81. The van der Waals surface area contributed by atoms with Crippen molar-refractivity contribution in [3.63, 3.8) is 0 Å². The first-order chi connectivity index (χ1) is 9.38. The Hall–Kier alpha value is -2.36. The van der Waals surface area contributed by atoms with E-state index in [0.29, 0.717) is 12.8 Å². The van der Waals surface area contributed by atoms with Gasteiger partial charge >= 0.3 is 11.9 Å². The number of carbonyl (C=O) groups is 2. The van der Waals surface area contributed by atoms with Crippen LogP contribution in [0.25, 0.3) is 0 Å². The Balaban J connectivity index is 0.000000441. The molecule has 0 aliphatic rings. The number of aliphatic carboxylic acids is 2. The summed E-state index contributed by atoms with van der Waals surface area (Å²) in [4.78, 5) is 20.3. The molecule has 0 radical (unpaired) electrons. The highest BCUT2D eigenvalue weighted by Gasteiger charge is 2.03. The Bertz CT molecular complexity index is 475. The molecule has 0 unspecified atom stereocenters. The molecule has 0 saturated heterocycles. The van der Waals surface area contributed by atoms with Crippen molar-refractivity contribution in [2.75, 3.05) is 0 Å². The highest BCUT2D eigenvalue weighted by atomic mass is 16.4. The van der Waals surface area contributed by atoms with Crippen molar-refractivity contribution < 1.29 is 19.8 Å². The van der Waals surface area contributed by atoms with Crippen LogP contribution in [0.3, 0.4) is 0 Å². The maximum Gasteiger partial charge on any atom is 0.330 e. The maximum absolute atomic E-state index is 10.4. The summed E-state index contributed by atoms with van der Waals surface area (Å²) >= 11 is 0. The smallest absolute Gasteiger partial charge is 0.330 e. The van der Waals surface area contributed by atoms with E-state index in [-0.39, 0.29) is 11.1 Å². The lowest BCUT2D eigenvalue weighted by atomic mass is 10.1. The molecule has 20 heavy (non-hydrogen) atoms. The van der Waals surface area contributed by atoms with Gasteiger partial charge in [0.15, 0.2) is 0 Å². The van der Waals surface area contributed by atoms with Gasteiger partial charge in [-0.1, -0.05) is 50.4 Å². The summed E-state index contributed by atoms with van der Waals surface area (Å²) in [6.45, 7) is 8.50. The van der Waals surface area contributed by atoms with Crippen molar-refractivity contribution in [1.29, 1.82) is 0 Å². The van der Waals surface area contributed by atoms with Gasteiger partial charge in [0.05, 0.1) is 0 Å². The number of rotatable bonds is 6. The number of aryl methyl sites for hydroxylation is 1. The fraction of sp³-hybridized carbons (Fsp3) is 0.250. The van der Waals surface area contributed by atoms with Crippen LogP contribution in [-0.2, 0) is 16.0 Å². The standard InChI is InChI=1S/C11H12O2.C5H8O2/c1-9(11(12)13)7-8-10-5-3-2-4-6-10;1-3-4(2)5(6)7/h2-6H,1,7-8H2,(H,12,13);2-3H2,1H3,(H,6,7). The molecule has 2 N–H and O–H groups in total. The van der Waals surface area contributed by atoms with Gasteiger partial charge in [-0.15, -0.1) is 0 Å². The van der Waals surface area contributed by atoms with Gasteiger partial charge in [-0.2, -0.15) is 0 Å². The lowest BCUT2D eigenvalue weighted by Gasteiger charge is -2.00. The van der Waals surface area contributed by atoms with E-state index >= 15 is 0 Å². The van der Waals surface area contributed by atoms with Crippen LogP contribution >= 0.6 is 0 Å². The zero-order valence-electron chi connectivity index (χ0n) is 11.6. The molecule has 0 atom stereocenters. The molecular formula is C16H20O4. The van der Waals surface area contributed by atoms with E-state index in [4.69, 9.17) is 10.2 Å². The van der Waals surface area contributed by atoms with E-state index in [1.165, 1.54) is 0 Å². The van der Waals surface area contributed by atoms with Crippen LogP contribution in [0.1, 0.15) is 25.3 Å². The van der Waals surface area contributed by atoms with Crippen LogP contribution in [0.4, 0.5) is 0 Å². The average Bonchev–Trinajstić information content (AvgIpc) is 2.45. The molecule has 1 aromatic rings. The Kier molecular flexibility index (Phi) is 8.43. The van der Waals surface area contributed by atoms with Gasteiger partial charge in [-0.3, -0.25) is 0 Å². The first kappa shape index (κ1) is 17.6. The number of hydrogen-bond donors (Lipinski definition) is 2. The maximum atomic E-state index is 10.4. The predicted molar refractivity (Wildman–Crippen MR) is 78.6 cm³/mol. The highest BCUT2D eigenvalue weighted by molar-refractivity contribution is 5.85. The topological polar surface area (TPSA) is 74.6 Å². The molecule has 4 nitrogen and oxygen atoms in total. The molecule has 0 saturated carbocycles. The first-order valence-electron chi connectivity index (χ1n) is 6.24. The van der Waals surface area contributed by atoms with Crippen LogP contribution in [0.5, 0.6) is 0 Å². The van der Waals surface area contributed by atoms with E-state index in [9.17, 15) is 9.59 Å². The summed E-state index contributed by atoms with van der Waals surface area (Å²) < 4.78 is 0. The third kappa shape index (κ3) is 7.87. The second-order valence-corrected chi connectivity index (χ2v) is 4.16. The van der Waals surface area contributed by atoms with E-state index < -0.39 is 11.9 Å². The van der Waals surface area contributed by atoms with E-state index in [1.807, 2.05) is 30.3 Å². The number of carboxylic acids is 2. The summed E-state index contributed by atoms with van der Waals surface area (Å²) in [7, 11) is 0. The van der Waals surface area contributed by atoms with Crippen LogP contribution in [0.2, 0.25) is 0 Å². The zero-order valence-corrected chi connectivity index (χ0v) is 11.6.